The second-order valence-corrected chi connectivity index (χ2v) is 13.5. The molecule has 5 nitrogen and oxygen atoms in total. The molecule has 1 heterocycles. The number of ether oxygens (including phenoxy) is 2. The first kappa shape index (κ1) is 29.5. The van der Waals surface area contributed by atoms with E-state index in [2.05, 4.69) is 32.6 Å². The third-order valence-electron chi connectivity index (χ3n) is 8.38. The van der Waals surface area contributed by atoms with Crippen molar-refractivity contribution in [2.45, 2.75) is 72.3 Å². The van der Waals surface area contributed by atoms with E-state index in [1.54, 1.807) is 43.5 Å². The summed E-state index contributed by atoms with van der Waals surface area (Å²) in [6.45, 7) is 9.76. The van der Waals surface area contributed by atoms with Gasteiger partial charge in [0.15, 0.2) is 11.6 Å². The lowest BCUT2D eigenvalue weighted by atomic mass is 9.63. The highest BCUT2D eigenvalue weighted by molar-refractivity contribution is 6.30. The summed E-state index contributed by atoms with van der Waals surface area (Å²) in [4.78, 5) is 30.4. The molecule has 41 heavy (non-hydrogen) atoms. The molecule has 0 radical (unpaired) electrons. The van der Waals surface area contributed by atoms with Crippen LogP contribution in [0.5, 0.6) is 5.75 Å². The number of allylic oxidation sites excluding steroid dienone is 4. The van der Waals surface area contributed by atoms with Gasteiger partial charge in [0.1, 0.15) is 18.2 Å². The highest BCUT2D eigenvalue weighted by atomic mass is 35.5. The lowest BCUT2D eigenvalue weighted by molar-refractivity contribution is -0.119. The predicted molar refractivity (Wildman–Crippen MR) is 158 cm³/mol. The van der Waals surface area contributed by atoms with Crippen LogP contribution in [-0.4, -0.2) is 36.7 Å². The molecule has 1 aliphatic heterocycles. The van der Waals surface area contributed by atoms with E-state index in [1.807, 2.05) is 0 Å². The summed E-state index contributed by atoms with van der Waals surface area (Å²) >= 11 is 6.56. The van der Waals surface area contributed by atoms with Gasteiger partial charge in [0.2, 0.25) is 0 Å². The van der Waals surface area contributed by atoms with Gasteiger partial charge in [-0.2, -0.15) is 0 Å². The molecule has 0 saturated heterocycles. The first-order chi connectivity index (χ1) is 19.4. The number of hydrogen-bond acceptors (Lipinski definition) is 5. The van der Waals surface area contributed by atoms with Crippen molar-refractivity contribution in [1.82, 2.24) is 4.90 Å². The molecule has 0 aromatic heterocycles. The van der Waals surface area contributed by atoms with Crippen molar-refractivity contribution in [1.29, 1.82) is 0 Å². The normalized spacial score (nSPS) is 20.3. The van der Waals surface area contributed by atoms with Gasteiger partial charge in [0.25, 0.3) is 0 Å². The van der Waals surface area contributed by atoms with Crippen molar-refractivity contribution in [2.24, 2.45) is 10.8 Å². The van der Waals surface area contributed by atoms with Crippen LogP contribution in [0.4, 0.5) is 4.39 Å². The van der Waals surface area contributed by atoms with Gasteiger partial charge >= 0.3 is 0 Å². The maximum Gasteiger partial charge on any atom is 0.162 e. The van der Waals surface area contributed by atoms with Crippen molar-refractivity contribution in [3.05, 3.63) is 87.0 Å². The van der Waals surface area contributed by atoms with E-state index in [4.69, 9.17) is 21.1 Å². The zero-order valence-electron chi connectivity index (χ0n) is 24.6. The van der Waals surface area contributed by atoms with E-state index in [1.165, 1.54) is 6.07 Å². The largest absolute Gasteiger partial charge is 0.488 e. The summed E-state index contributed by atoms with van der Waals surface area (Å²) in [7, 11) is 1.68. The van der Waals surface area contributed by atoms with Crippen LogP contribution in [-0.2, 0) is 20.9 Å². The molecule has 0 amide bonds. The van der Waals surface area contributed by atoms with E-state index in [-0.39, 0.29) is 34.8 Å². The number of carbonyl (C=O) groups excluding carboxylic acids is 2. The molecule has 0 saturated carbocycles. The van der Waals surface area contributed by atoms with Gasteiger partial charge in [0, 0.05) is 77.7 Å². The van der Waals surface area contributed by atoms with E-state index >= 15 is 0 Å². The molecule has 0 atom stereocenters. The monoisotopic (exact) mass is 579 g/mol. The summed E-state index contributed by atoms with van der Waals surface area (Å²) < 4.78 is 26.1. The minimum atomic E-state index is -0.597. The number of nitrogens with zero attached hydrogens (tertiary/aromatic N) is 1. The number of halogens is 2. The summed E-state index contributed by atoms with van der Waals surface area (Å²) in [6, 6.07) is 11.8. The second kappa shape index (κ2) is 11.4. The van der Waals surface area contributed by atoms with Crippen LogP contribution < -0.4 is 4.74 Å². The Bertz CT molecular complexity index is 1390. The van der Waals surface area contributed by atoms with Crippen LogP contribution in [0.25, 0.3) is 0 Å². The zero-order chi connectivity index (χ0) is 29.5. The quantitative estimate of drug-likeness (QED) is 0.299. The fraction of sp³-hybridized carbons (Fsp3) is 0.471. The average Bonchev–Trinajstić information content (AvgIpc) is 2.88. The molecule has 0 N–H and O–H groups in total. The fourth-order valence-corrected chi connectivity index (χ4v) is 6.82. The van der Waals surface area contributed by atoms with Crippen LogP contribution >= 0.6 is 11.6 Å². The lowest BCUT2D eigenvalue weighted by Crippen LogP contribution is -2.44. The number of carbonyl (C=O) groups is 2. The molecule has 2 aliphatic carbocycles. The molecule has 3 aliphatic rings. The number of rotatable bonds is 8. The van der Waals surface area contributed by atoms with Crippen molar-refractivity contribution >= 4 is 23.2 Å². The van der Waals surface area contributed by atoms with Gasteiger partial charge in [-0.3, -0.25) is 9.59 Å². The zero-order valence-corrected chi connectivity index (χ0v) is 25.4. The minimum absolute atomic E-state index is 0.0108. The summed E-state index contributed by atoms with van der Waals surface area (Å²) in [5, 5.41) is 0.484. The first-order valence-corrected chi connectivity index (χ1v) is 14.7. The molecule has 0 unspecified atom stereocenters. The Morgan fingerprint density at radius 2 is 1.54 bits per heavy atom. The maximum absolute atomic E-state index is 14.5. The maximum atomic E-state index is 14.5. The molecular weight excluding hydrogens is 541 g/mol. The molecule has 5 rings (SSSR count). The summed E-state index contributed by atoms with van der Waals surface area (Å²) in [5.41, 5.74) is 3.94. The third kappa shape index (κ3) is 6.00. The Morgan fingerprint density at radius 3 is 2.12 bits per heavy atom. The smallest absolute Gasteiger partial charge is 0.162 e. The molecule has 2 aromatic rings. The predicted octanol–water partition coefficient (Wildman–Crippen LogP) is 7.78. The number of Topliss-reactive ketones (excluding diaryl/α,β-unsaturated/α-hetero) is 2. The minimum Gasteiger partial charge on any atom is -0.488 e. The molecule has 2 aromatic carbocycles. The van der Waals surface area contributed by atoms with Crippen molar-refractivity contribution in [3.63, 3.8) is 0 Å². The Morgan fingerprint density at radius 1 is 0.927 bits per heavy atom. The molecule has 7 heteroatoms. The number of methoxy groups -OCH3 is 1. The molecule has 0 spiro atoms. The van der Waals surface area contributed by atoms with E-state index in [0.29, 0.717) is 59.0 Å². The van der Waals surface area contributed by atoms with Crippen LogP contribution in [0, 0.1) is 16.6 Å². The highest BCUT2D eigenvalue weighted by Crippen LogP contribution is 2.55. The standard InChI is InChI=1S/C34H39ClFNO4/c1-33(2)16-25-31(27(38)18-33)30(32-26(37(25)13-8-14-40-5)17-34(3,4)19-28(32)39)23-15-22(35)11-12-29(23)41-20-21-9-6-7-10-24(21)36/h6-7,9-12,15,30H,8,13-14,16-20H2,1-5H3. The van der Waals surface area contributed by atoms with E-state index < -0.39 is 5.92 Å². The van der Waals surface area contributed by atoms with Crippen LogP contribution in [0.15, 0.2) is 65.0 Å². The summed E-state index contributed by atoms with van der Waals surface area (Å²) in [5.74, 6) is -0.370. The van der Waals surface area contributed by atoms with E-state index in [9.17, 15) is 14.0 Å². The van der Waals surface area contributed by atoms with Gasteiger partial charge in [0.05, 0.1) is 0 Å². The fourth-order valence-electron chi connectivity index (χ4n) is 6.64. The topological polar surface area (TPSA) is 55.8 Å². The highest BCUT2D eigenvalue weighted by Gasteiger charge is 2.49. The van der Waals surface area contributed by atoms with Gasteiger partial charge < -0.3 is 14.4 Å². The third-order valence-corrected chi connectivity index (χ3v) is 8.61. The second-order valence-electron chi connectivity index (χ2n) is 13.1. The molecular formula is C34H39ClFNO4. The first-order valence-electron chi connectivity index (χ1n) is 14.4. The molecule has 0 bridgehead atoms. The summed E-state index contributed by atoms with van der Waals surface area (Å²) in [6.07, 6.45) is 2.99. The van der Waals surface area contributed by atoms with Gasteiger partial charge in [-0.05, 0) is 54.4 Å². The lowest BCUT2D eigenvalue weighted by Gasteiger charge is -2.49. The van der Waals surface area contributed by atoms with Crippen molar-refractivity contribution in [2.75, 3.05) is 20.3 Å². The molecule has 0 fully saturated rings. The Labute approximate surface area is 247 Å². The van der Waals surface area contributed by atoms with Gasteiger partial charge in [-0.1, -0.05) is 57.5 Å². The van der Waals surface area contributed by atoms with Crippen molar-refractivity contribution in [3.8, 4) is 5.75 Å². The van der Waals surface area contributed by atoms with Gasteiger partial charge in [-0.25, -0.2) is 4.39 Å². The Balaban J connectivity index is 1.69. The Kier molecular flexibility index (Phi) is 8.19. The van der Waals surface area contributed by atoms with Crippen LogP contribution in [0.2, 0.25) is 5.02 Å². The van der Waals surface area contributed by atoms with Crippen molar-refractivity contribution < 1.29 is 23.5 Å². The molecule has 218 valence electrons. The van der Waals surface area contributed by atoms with Crippen LogP contribution in [0.1, 0.15) is 76.8 Å². The number of hydrogen-bond donors (Lipinski definition) is 0. The Hall–Kier alpha value is -2.96. The SMILES string of the molecule is COCCCN1C2=C(C(=O)CC(C)(C)C2)C(c2cc(Cl)ccc2OCc2ccccc2F)C2=C1CC(C)(C)CC2=O. The van der Waals surface area contributed by atoms with Crippen LogP contribution in [0.3, 0.4) is 0 Å². The average molecular weight is 580 g/mol. The number of benzene rings is 2. The van der Waals surface area contributed by atoms with E-state index in [0.717, 1.165) is 30.7 Å². The van der Waals surface area contributed by atoms with Gasteiger partial charge in [-0.15, -0.1) is 0 Å². The number of ketones is 2.